The Morgan fingerprint density at radius 3 is 2.23 bits per heavy atom. The summed E-state index contributed by atoms with van der Waals surface area (Å²) >= 11 is 14.9. The minimum atomic E-state index is -0.866. The Hall–Kier alpha value is 0.420. The fraction of sp³-hybridized carbons (Fsp3) is 0. The van der Waals surface area contributed by atoms with Gasteiger partial charge in [-0.25, -0.2) is 4.79 Å². The molecular formula is C7H2Br3ClO2. The van der Waals surface area contributed by atoms with Crippen molar-refractivity contribution in [2.24, 2.45) is 0 Å². The minimum absolute atomic E-state index is 0.370. The maximum Gasteiger partial charge on any atom is 0.409 e. The van der Waals surface area contributed by atoms with E-state index in [1.54, 1.807) is 12.1 Å². The summed E-state index contributed by atoms with van der Waals surface area (Å²) in [6, 6.07) is 3.38. The predicted octanol–water partition coefficient (Wildman–Crippen LogP) is 4.71. The summed E-state index contributed by atoms with van der Waals surface area (Å²) < 4.78 is 7.00. The third-order valence-corrected chi connectivity index (χ3v) is 3.71. The Morgan fingerprint density at radius 1 is 1.15 bits per heavy atom. The van der Waals surface area contributed by atoms with E-state index in [9.17, 15) is 4.79 Å². The molecule has 13 heavy (non-hydrogen) atoms. The molecule has 0 bridgehead atoms. The number of hydrogen-bond acceptors (Lipinski definition) is 2. The SMILES string of the molecule is O=C(Cl)Oc1cc(Br)c(Br)cc1Br. The first-order valence-electron chi connectivity index (χ1n) is 3.02. The maximum atomic E-state index is 10.5. The molecule has 0 atom stereocenters. The molecule has 0 aliphatic heterocycles. The van der Waals surface area contributed by atoms with Crippen LogP contribution in [-0.4, -0.2) is 5.43 Å². The van der Waals surface area contributed by atoms with Gasteiger partial charge >= 0.3 is 5.43 Å². The molecular weight excluding hydrogens is 391 g/mol. The van der Waals surface area contributed by atoms with Crippen molar-refractivity contribution in [2.45, 2.75) is 0 Å². The third-order valence-electron chi connectivity index (χ3n) is 1.17. The Bertz CT molecular complexity index is 354. The smallest absolute Gasteiger partial charge is 0.409 e. The molecule has 0 radical (unpaired) electrons. The van der Waals surface area contributed by atoms with E-state index in [-0.39, 0.29) is 0 Å². The normalized spacial score (nSPS) is 9.85. The Kier molecular flexibility index (Phi) is 4.22. The summed E-state index contributed by atoms with van der Waals surface area (Å²) in [6.45, 7) is 0. The van der Waals surface area contributed by atoms with Crippen LogP contribution < -0.4 is 4.74 Å². The molecule has 0 spiro atoms. The fourth-order valence-corrected chi connectivity index (χ4v) is 2.15. The van der Waals surface area contributed by atoms with Crippen molar-refractivity contribution >= 4 is 64.8 Å². The van der Waals surface area contributed by atoms with Crippen molar-refractivity contribution in [2.75, 3.05) is 0 Å². The van der Waals surface area contributed by atoms with E-state index in [0.717, 1.165) is 8.95 Å². The highest BCUT2D eigenvalue weighted by molar-refractivity contribution is 9.13. The van der Waals surface area contributed by atoms with Crippen LogP contribution in [0.4, 0.5) is 4.79 Å². The number of halogens is 4. The molecule has 0 heterocycles. The van der Waals surface area contributed by atoms with E-state index in [1.165, 1.54) is 0 Å². The molecule has 0 amide bonds. The van der Waals surface area contributed by atoms with Gasteiger partial charge in [-0.05, 0) is 59.9 Å². The maximum absolute atomic E-state index is 10.5. The molecule has 0 unspecified atom stereocenters. The molecule has 0 saturated carbocycles. The monoisotopic (exact) mass is 390 g/mol. The van der Waals surface area contributed by atoms with Crippen LogP contribution in [0, 0.1) is 0 Å². The van der Waals surface area contributed by atoms with Crippen LogP contribution in [-0.2, 0) is 0 Å². The largest absolute Gasteiger partial charge is 0.413 e. The van der Waals surface area contributed by atoms with E-state index in [1.807, 2.05) is 0 Å². The van der Waals surface area contributed by atoms with Gasteiger partial charge in [0.15, 0.2) is 0 Å². The zero-order valence-corrected chi connectivity index (χ0v) is 11.5. The number of rotatable bonds is 1. The molecule has 0 N–H and O–H groups in total. The first-order valence-corrected chi connectivity index (χ1v) is 5.78. The molecule has 0 fully saturated rings. The lowest BCUT2D eigenvalue weighted by molar-refractivity contribution is 0.225. The highest BCUT2D eigenvalue weighted by Crippen LogP contribution is 2.34. The zero-order valence-electron chi connectivity index (χ0n) is 5.98. The topological polar surface area (TPSA) is 26.3 Å². The standard InChI is InChI=1S/C7H2Br3ClO2/c8-3-1-5(10)6(2-4(3)9)13-7(11)12/h1-2H. The number of benzene rings is 1. The highest BCUT2D eigenvalue weighted by Gasteiger charge is 2.08. The molecule has 0 aliphatic rings. The molecule has 0 aromatic heterocycles. The molecule has 0 aliphatic carbocycles. The lowest BCUT2D eigenvalue weighted by Gasteiger charge is -2.04. The summed E-state index contributed by atoms with van der Waals surface area (Å²) in [5, 5.41) is 0. The molecule has 1 aromatic rings. The second-order valence-electron chi connectivity index (χ2n) is 2.04. The lowest BCUT2D eigenvalue weighted by atomic mass is 10.3. The number of ether oxygens (including phenoxy) is 1. The summed E-state index contributed by atoms with van der Waals surface area (Å²) in [4.78, 5) is 10.5. The highest BCUT2D eigenvalue weighted by atomic mass is 79.9. The van der Waals surface area contributed by atoms with Crippen molar-refractivity contribution in [3.05, 3.63) is 25.6 Å². The number of hydrogen-bond donors (Lipinski definition) is 0. The van der Waals surface area contributed by atoms with Crippen LogP contribution in [0.15, 0.2) is 25.6 Å². The van der Waals surface area contributed by atoms with Gasteiger partial charge < -0.3 is 4.74 Å². The van der Waals surface area contributed by atoms with E-state index in [2.05, 4.69) is 47.8 Å². The lowest BCUT2D eigenvalue weighted by Crippen LogP contribution is -1.96. The van der Waals surface area contributed by atoms with Crippen LogP contribution in [0.2, 0.25) is 0 Å². The van der Waals surface area contributed by atoms with E-state index >= 15 is 0 Å². The van der Waals surface area contributed by atoms with E-state index in [4.69, 9.17) is 16.3 Å². The molecule has 1 aromatic carbocycles. The third kappa shape index (κ3) is 3.23. The Labute approximate surface area is 105 Å². The van der Waals surface area contributed by atoms with Gasteiger partial charge in [0.05, 0.1) is 4.47 Å². The van der Waals surface area contributed by atoms with Gasteiger partial charge in [0.1, 0.15) is 5.75 Å². The molecule has 6 heteroatoms. The van der Waals surface area contributed by atoms with Gasteiger partial charge in [0, 0.05) is 20.5 Å². The van der Waals surface area contributed by atoms with Crippen molar-refractivity contribution in [3.63, 3.8) is 0 Å². The second kappa shape index (κ2) is 4.77. The average Bonchev–Trinajstić information content (AvgIpc) is 1.99. The Morgan fingerprint density at radius 2 is 1.69 bits per heavy atom. The van der Waals surface area contributed by atoms with Crippen LogP contribution in [0.25, 0.3) is 0 Å². The van der Waals surface area contributed by atoms with Crippen molar-refractivity contribution in [1.82, 2.24) is 0 Å². The van der Waals surface area contributed by atoms with Crippen molar-refractivity contribution in [3.8, 4) is 5.75 Å². The predicted molar refractivity (Wildman–Crippen MR) is 61.4 cm³/mol. The van der Waals surface area contributed by atoms with Crippen LogP contribution in [0.3, 0.4) is 0 Å². The fourth-order valence-electron chi connectivity index (χ4n) is 0.669. The van der Waals surface area contributed by atoms with Crippen LogP contribution in [0.1, 0.15) is 0 Å². The molecule has 2 nitrogen and oxygen atoms in total. The zero-order chi connectivity index (χ0) is 10.0. The van der Waals surface area contributed by atoms with Gasteiger partial charge in [-0.2, -0.15) is 0 Å². The van der Waals surface area contributed by atoms with Gasteiger partial charge in [-0.1, -0.05) is 0 Å². The summed E-state index contributed by atoms with van der Waals surface area (Å²) in [7, 11) is 0. The second-order valence-corrected chi connectivity index (χ2v) is 4.91. The first kappa shape index (κ1) is 11.5. The Balaban J connectivity index is 3.08. The summed E-state index contributed by atoms with van der Waals surface area (Å²) in [6.07, 6.45) is 0. The molecule has 1 rings (SSSR count). The van der Waals surface area contributed by atoms with Gasteiger partial charge in [-0.15, -0.1) is 0 Å². The minimum Gasteiger partial charge on any atom is -0.413 e. The van der Waals surface area contributed by atoms with Gasteiger partial charge in [0.25, 0.3) is 0 Å². The number of carbonyl (C=O) groups is 1. The summed E-state index contributed by atoms with van der Waals surface area (Å²) in [5.74, 6) is 0.370. The number of carbonyl (C=O) groups excluding carboxylic acids is 1. The van der Waals surface area contributed by atoms with E-state index < -0.39 is 5.43 Å². The van der Waals surface area contributed by atoms with E-state index in [0.29, 0.717) is 10.2 Å². The average molecular weight is 393 g/mol. The van der Waals surface area contributed by atoms with Gasteiger partial charge in [0.2, 0.25) is 0 Å². The van der Waals surface area contributed by atoms with Crippen LogP contribution >= 0.6 is 59.4 Å². The van der Waals surface area contributed by atoms with Crippen LogP contribution in [0.5, 0.6) is 5.75 Å². The van der Waals surface area contributed by atoms with Crippen molar-refractivity contribution < 1.29 is 9.53 Å². The van der Waals surface area contributed by atoms with Gasteiger partial charge in [-0.3, -0.25) is 0 Å². The quantitative estimate of drug-likeness (QED) is 0.510. The summed E-state index contributed by atoms with van der Waals surface area (Å²) in [5.41, 5.74) is -0.866. The first-order chi connectivity index (χ1) is 6.00. The molecule has 0 saturated heterocycles. The van der Waals surface area contributed by atoms with Crippen molar-refractivity contribution in [1.29, 1.82) is 0 Å². The molecule has 70 valence electrons.